The molecule has 2 bridgehead atoms. The zero-order chi connectivity index (χ0) is 20.3. The number of allylic oxidation sites excluding steroid dienone is 2. The standard InChI is InChI=1S/C23H22ClN3O2/c1-13-11-17(14(2)26(13)19-9-7-18(24)8-10-19)12-25-27-22(28)20-15-3-4-16(6-5-15)21(20)23(27)29/h3-4,7-12,15-16,20-21H,5-6H2,1-2H3/b25-12-/t15-,16-,20-,21-/m0/s1. The molecule has 4 aliphatic rings. The van der Waals surface area contributed by atoms with Crippen molar-refractivity contribution in [2.24, 2.45) is 28.8 Å². The van der Waals surface area contributed by atoms with Crippen LogP contribution in [0.4, 0.5) is 0 Å². The van der Waals surface area contributed by atoms with Gasteiger partial charge in [0.25, 0.3) is 11.8 Å². The maximum atomic E-state index is 12.9. The molecule has 1 saturated carbocycles. The molecule has 2 heterocycles. The number of carbonyl (C=O) groups excluding carboxylic acids is 2. The van der Waals surface area contributed by atoms with Crippen molar-refractivity contribution in [3.63, 3.8) is 0 Å². The Hall–Kier alpha value is -2.66. The lowest BCUT2D eigenvalue weighted by Gasteiger charge is -2.37. The molecule has 1 saturated heterocycles. The van der Waals surface area contributed by atoms with Crippen molar-refractivity contribution in [3.8, 4) is 5.69 Å². The molecule has 3 aliphatic carbocycles. The lowest BCUT2D eigenvalue weighted by molar-refractivity contribution is -0.140. The molecule has 1 aliphatic heterocycles. The summed E-state index contributed by atoms with van der Waals surface area (Å²) in [5.74, 6) is -0.411. The van der Waals surface area contributed by atoms with E-state index in [1.54, 1.807) is 6.21 Å². The second-order valence-electron chi connectivity index (χ2n) is 8.21. The lowest BCUT2D eigenvalue weighted by atomic mass is 9.63. The predicted octanol–water partition coefficient (Wildman–Crippen LogP) is 4.28. The average molecular weight is 408 g/mol. The minimum Gasteiger partial charge on any atom is -0.318 e. The molecule has 5 nitrogen and oxygen atoms in total. The van der Waals surface area contributed by atoms with Crippen LogP contribution in [-0.4, -0.2) is 27.6 Å². The summed E-state index contributed by atoms with van der Waals surface area (Å²) in [6, 6.07) is 9.65. The van der Waals surface area contributed by atoms with Gasteiger partial charge >= 0.3 is 0 Å². The molecule has 6 heteroatoms. The van der Waals surface area contributed by atoms with E-state index in [0.717, 1.165) is 40.5 Å². The van der Waals surface area contributed by atoms with Crippen molar-refractivity contribution in [1.82, 2.24) is 9.58 Å². The molecular weight excluding hydrogens is 386 g/mol. The highest BCUT2D eigenvalue weighted by atomic mass is 35.5. The number of halogens is 1. The van der Waals surface area contributed by atoms with Crippen molar-refractivity contribution in [1.29, 1.82) is 0 Å². The Labute approximate surface area is 174 Å². The number of nitrogens with zero attached hydrogens (tertiary/aromatic N) is 3. The van der Waals surface area contributed by atoms with E-state index in [1.807, 2.05) is 44.2 Å². The van der Waals surface area contributed by atoms with Crippen LogP contribution in [0.5, 0.6) is 0 Å². The molecule has 148 valence electrons. The Morgan fingerprint density at radius 3 is 2.14 bits per heavy atom. The van der Waals surface area contributed by atoms with Crippen molar-refractivity contribution in [2.45, 2.75) is 26.7 Å². The Kier molecular flexibility index (Phi) is 4.24. The normalized spacial score (nSPS) is 28.0. The molecule has 0 N–H and O–H groups in total. The fraction of sp³-hybridized carbons (Fsp3) is 0.348. The quantitative estimate of drug-likeness (QED) is 0.433. The lowest BCUT2D eigenvalue weighted by Crippen LogP contribution is -2.38. The van der Waals surface area contributed by atoms with Gasteiger partial charge in [0.15, 0.2) is 0 Å². The van der Waals surface area contributed by atoms with Gasteiger partial charge < -0.3 is 4.57 Å². The van der Waals surface area contributed by atoms with Crippen LogP contribution in [0.3, 0.4) is 0 Å². The summed E-state index contributed by atoms with van der Waals surface area (Å²) in [6.07, 6.45) is 7.85. The molecule has 1 aromatic heterocycles. The zero-order valence-corrected chi connectivity index (χ0v) is 17.1. The Balaban J connectivity index is 1.44. The van der Waals surface area contributed by atoms with Crippen LogP contribution < -0.4 is 0 Å². The van der Waals surface area contributed by atoms with Gasteiger partial charge in [0.1, 0.15) is 0 Å². The van der Waals surface area contributed by atoms with Crippen LogP contribution in [0.15, 0.2) is 47.6 Å². The van der Waals surface area contributed by atoms with Gasteiger partial charge in [0.2, 0.25) is 0 Å². The second kappa shape index (κ2) is 6.70. The molecule has 1 aromatic carbocycles. The average Bonchev–Trinajstić information content (AvgIpc) is 3.16. The third kappa shape index (κ3) is 2.79. The van der Waals surface area contributed by atoms with Crippen molar-refractivity contribution < 1.29 is 9.59 Å². The fourth-order valence-electron chi connectivity index (χ4n) is 5.20. The van der Waals surface area contributed by atoms with E-state index in [2.05, 4.69) is 21.8 Å². The van der Waals surface area contributed by atoms with Gasteiger partial charge in [0, 0.05) is 27.7 Å². The Morgan fingerprint density at radius 1 is 1.00 bits per heavy atom. The molecule has 0 unspecified atom stereocenters. The molecule has 0 radical (unpaired) electrons. The summed E-state index contributed by atoms with van der Waals surface area (Å²) >= 11 is 6.01. The first-order chi connectivity index (χ1) is 14.0. The molecular formula is C23H22ClN3O2. The van der Waals surface area contributed by atoms with Crippen molar-refractivity contribution in [2.75, 3.05) is 0 Å². The Bertz CT molecular complexity index is 1030. The van der Waals surface area contributed by atoms with Crippen LogP contribution in [0.25, 0.3) is 5.69 Å². The van der Waals surface area contributed by atoms with Crippen molar-refractivity contribution in [3.05, 3.63) is 64.5 Å². The summed E-state index contributed by atoms with van der Waals surface area (Å²) in [5, 5.41) is 6.15. The van der Waals surface area contributed by atoms with E-state index in [4.69, 9.17) is 11.6 Å². The van der Waals surface area contributed by atoms with Gasteiger partial charge in [-0.15, -0.1) is 0 Å². The maximum Gasteiger partial charge on any atom is 0.254 e. The Morgan fingerprint density at radius 2 is 1.59 bits per heavy atom. The largest absolute Gasteiger partial charge is 0.318 e. The number of aryl methyl sites for hydroxylation is 1. The third-order valence-electron chi connectivity index (χ3n) is 6.60. The molecule has 2 fully saturated rings. The van der Waals surface area contributed by atoms with Gasteiger partial charge in [-0.1, -0.05) is 23.8 Å². The highest BCUT2D eigenvalue weighted by Crippen LogP contribution is 2.49. The fourth-order valence-corrected chi connectivity index (χ4v) is 5.32. The first-order valence-electron chi connectivity index (χ1n) is 10.0. The summed E-state index contributed by atoms with van der Waals surface area (Å²) in [4.78, 5) is 25.8. The van der Waals surface area contributed by atoms with Gasteiger partial charge in [-0.3, -0.25) is 9.59 Å². The molecule has 29 heavy (non-hydrogen) atoms. The SMILES string of the molecule is Cc1cc(/C=N\N2C(=O)[C@@H]3[C@@H](C2=O)[C@H]2C=C[C@H]3CC2)c(C)n1-c1ccc(Cl)cc1. The number of imide groups is 1. The second-order valence-corrected chi connectivity index (χ2v) is 8.65. The van der Waals surface area contributed by atoms with Crippen LogP contribution in [0.1, 0.15) is 29.8 Å². The monoisotopic (exact) mass is 407 g/mol. The number of carbonyl (C=O) groups is 2. The summed E-state index contributed by atoms with van der Waals surface area (Å²) in [6.45, 7) is 4.02. The minimum absolute atomic E-state index is 0.151. The minimum atomic E-state index is -0.232. The number of amides is 2. The van der Waals surface area contributed by atoms with Crippen LogP contribution in [0, 0.1) is 37.5 Å². The summed E-state index contributed by atoms with van der Waals surface area (Å²) in [5.41, 5.74) is 3.92. The number of aromatic nitrogens is 1. The van der Waals surface area contributed by atoms with E-state index < -0.39 is 0 Å². The number of hydrazone groups is 1. The van der Waals surface area contributed by atoms with Gasteiger partial charge in [-0.25, -0.2) is 0 Å². The smallest absolute Gasteiger partial charge is 0.254 e. The highest BCUT2D eigenvalue weighted by molar-refractivity contribution is 6.30. The summed E-state index contributed by atoms with van der Waals surface area (Å²) < 4.78 is 2.11. The first kappa shape index (κ1) is 18.4. The number of benzene rings is 1. The summed E-state index contributed by atoms with van der Waals surface area (Å²) in [7, 11) is 0. The zero-order valence-electron chi connectivity index (χ0n) is 16.4. The van der Waals surface area contributed by atoms with Crippen molar-refractivity contribution >= 4 is 29.6 Å². The van der Waals surface area contributed by atoms with Crippen LogP contribution in [-0.2, 0) is 9.59 Å². The number of hydrogen-bond acceptors (Lipinski definition) is 3. The molecule has 4 atom stereocenters. The van der Waals surface area contributed by atoms with Gasteiger partial charge in [-0.2, -0.15) is 10.1 Å². The third-order valence-corrected chi connectivity index (χ3v) is 6.86. The van der Waals surface area contributed by atoms with Gasteiger partial charge in [0.05, 0.1) is 18.1 Å². The van der Waals surface area contributed by atoms with Crippen LogP contribution in [0.2, 0.25) is 5.02 Å². The van der Waals surface area contributed by atoms with E-state index in [1.165, 1.54) is 0 Å². The molecule has 6 rings (SSSR count). The van der Waals surface area contributed by atoms with E-state index in [-0.39, 0.29) is 35.5 Å². The van der Waals surface area contributed by atoms with Crippen LogP contribution >= 0.6 is 11.6 Å². The topological polar surface area (TPSA) is 54.7 Å². The van der Waals surface area contributed by atoms with E-state index >= 15 is 0 Å². The van der Waals surface area contributed by atoms with Gasteiger partial charge in [-0.05, 0) is 68.9 Å². The predicted molar refractivity (Wildman–Crippen MR) is 112 cm³/mol. The highest BCUT2D eigenvalue weighted by Gasteiger charge is 2.56. The number of fused-ring (bicyclic) bond motifs is 1. The van der Waals surface area contributed by atoms with E-state index in [9.17, 15) is 9.59 Å². The molecule has 2 amide bonds. The maximum absolute atomic E-state index is 12.9. The number of hydrogen-bond donors (Lipinski definition) is 0. The first-order valence-corrected chi connectivity index (χ1v) is 10.4. The number of rotatable bonds is 3. The molecule has 2 aromatic rings. The molecule has 0 spiro atoms. The van der Waals surface area contributed by atoms with E-state index in [0.29, 0.717) is 5.02 Å².